The Morgan fingerprint density at radius 1 is 1.50 bits per heavy atom. The van der Waals surface area contributed by atoms with E-state index >= 15 is 0 Å². The molecular formula is C16H18BrN5O2. The molecule has 7 nitrogen and oxygen atoms in total. The molecule has 1 amide bonds. The molecule has 0 saturated carbocycles. The third-order valence-corrected chi connectivity index (χ3v) is 4.38. The number of allylic oxidation sites excluding steroid dienone is 1. The zero-order chi connectivity index (χ0) is 17.3. The van der Waals surface area contributed by atoms with Crippen molar-refractivity contribution >= 4 is 27.8 Å². The number of nitrogens with one attached hydrogen (secondary N) is 1. The molecule has 2 heterocycles. The van der Waals surface area contributed by atoms with E-state index in [0.29, 0.717) is 35.9 Å². The molecule has 1 aromatic heterocycles. The predicted octanol–water partition coefficient (Wildman–Crippen LogP) is 1.74. The van der Waals surface area contributed by atoms with Gasteiger partial charge in [0.1, 0.15) is 6.04 Å². The smallest absolute Gasteiger partial charge is 0.248 e. The van der Waals surface area contributed by atoms with Crippen LogP contribution in [-0.4, -0.2) is 32.4 Å². The maximum absolute atomic E-state index is 12.0. The summed E-state index contributed by atoms with van der Waals surface area (Å²) < 4.78 is 2.59. The fourth-order valence-electron chi connectivity index (χ4n) is 2.84. The molecular weight excluding hydrogens is 374 g/mol. The normalized spacial score (nSPS) is 16.7. The Balaban J connectivity index is 2.11. The molecule has 0 fully saturated rings. The molecule has 3 rings (SSSR count). The topological polar surface area (TPSA) is 106 Å². The molecule has 0 bridgehead atoms. The maximum atomic E-state index is 12.0. The van der Waals surface area contributed by atoms with Gasteiger partial charge in [0.05, 0.1) is 5.57 Å². The number of aromatic nitrogens is 3. The largest absolute Gasteiger partial charge is 0.396 e. The monoisotopic (exact) mass is 391 g/mol. The molecule has 0 radical (unpaired) electrons. The molecule has 1 atom stereocenters. The van der Waals surface area contributed by atoms with Gasteiger partial charge in [0, 0.05) is 23.2 Å². The van der Waals surface area contributed by atoms with Crippen molar-refractivity contribution in [3.8, 4) is 0 Å². The molecule has 0 unspecified atom stereocenters. The minimum atomic E-state index is -0.497. The summed E-state index contributed by atoms with van der Waals surface area (Å²) in [7, 11) is 0. The summed E-state index contributed by atoms with van der Waals surface area (Å²) in [5.74, 6) is 0.684. The Bertz CT molecular complexity index is 815. The molecule has 2 aromatic rings. The third-order valence-electron chi connectivity index (χ3n) is 3.88. The summed E-state index contributed by atoms with van der Waals surface area (Å²) in [5.41, 5.74) is 7.64. The van der Waals surface area contributed by atoms with Crippen LogP contribution in [0.1, 0.15) is 30.8 Å². The fraction of sp³-hybridized carbons (Fsp3) is 0.312. The lowest BCUT2D eigenvalue weighted by Crippen LogP contribution is -2.31. The number of amides is 1. The summed E-state index contributed by atoms with van der Waals surface area (Å²) in [4.78, 5) is 16.5. The van der Waals surface area contributed by atoms with E-state index in [2.05, 4.69) is 31.3 Å². The Hall–Kier alpha value is -2.19. The lowest BCUT2D eigenvalue weighted by atomic mass is 9.95. The third kappa shape index (κ3) is 3.07. The van der Waals surface area contributed by atoms with Crippen molar-refractivity contribution in [1.82, 2.24) is 14.8 Å². The first-order chi connectivity index (χ1) is 11.5. The van der Waals surface area contributed by atoms with Crippen molar-refractivity contribution in [3.63, 3.8) is 0 Å². The SMILES string of the molecule is CC1=C(C(N)=O)[C@H](c2cccc(Br)c2)n2nc(CCCO)nc2N1. The van der Waals surface area contributed by atoms with Crippen molar-refractivity contribution < 1.29 is 9.90 Å². The quantitative estimate of drug-likeness (QED) is 0.719. The Kier molecular flexibility index (Phi) is 4.68. The van der Waals surface area contributed by atoms with Crippen molar-refractivity contribution in [2.24, 2.45) is 5.73 Å². The van der Waals surface area contributed by atoms with E-state index in [1.165, 1.54) is 0 Å². The number of rotatable bonds is 5. The molecule has 0 saturated heterocycles. The number of hydrogen-bond donors (Lipinski definition) is 3. The standard InChI is InChI=1S/C16H18BrN5O2/c1-9-13(15(18)24)14(10-4-2-5-11(17)8-10)22-16(19-9)20-12(21-22)6-3-7-23/h2,4-5,8,14,23H,3,6-7H2,1H3,(H2,18,24)(H,19,20,21)/t14-/m0/s1. The van der Waals surface area contributed by atoms with Gasteiger partial charge in [0.15, 0.2) is 5.82 Å². The molecule has 1 aliphatic heterocycles. The zero-order valence-electron chi connectivity index (χ0n) is 13.2. The second kappa shape index (κ2) is 6.74. The molecule has 24 heavy (non-hydrogen) atoms. The minimum absolute atomic E-state index is 0.0795. The van der Waals surface area contributed by atoms with Gasteiger partial charge >= 0.3 is 0 Å². The van der Waals surface area contributed by atoms with E-state index in [1.54, 1.807) is 11.6 Å². The van der Waals surface area contributed by atoms with E-state index in [1.807, 2.05) is 24.3 Å². The lowest BCUT2D eigenvalue weighted by Gasteiger charge is -2.27. The summed E-state index contributed by atoms with van der Waals surface area (Å²) in [6.07, 6.45) is 1.15. The fourth-order valence-corrected chi connectivity index (χ4v) is 3.26. The number of aliphatic hydroxyl groups is 1. The van der Waals surface area contributed by atoms with Crippen molar-refractivity contribution in [2.45, 2.75) is 25.8 Å². The first-order valence-electron chi connectivity index (χ1n) is 7.60. The van der Waals surface area contributed by atoms with Crippen LogP contribution in [0.3, 0.4) is 0 Å². The molecule has 4 N–H and O–H groups in total. The van der Waals surface area contributed by atoms with Crippen LogP contribution in [0.5, 0.6) is 0 Å². The van der Waals surface area contributed by atoms with Gasteiger partial charge in [-0.3, -0.25) is 4.79 Å². The number of hydrogen-bond acceptors (Lipinski definition) is 5. The average molecular weight is 392 g/mol. The molecule has 8 heteroatoms. The summed E-state index contributed by atoms with van der Waals surface area (Å²) in [5, 5.41) is 16.6. The minimum Gasteiger partial charge on any atom is -0.396 e. The molecule has 1 aliphatic rings. The van der Waals surface area contributed by atoms with Gasteiger partial charge in [-0.1, -0.05) is 28.1 Å². The number of primary amides is 1. The van der Waals surface area contributed by atoms with Crippen LogP contribution in [0.15, 0.2) is 40.0 Å². The molecule has 126 valence electrons. The number of nitrogens with two attached hydrogens (primary N) is 1. The Morgan fingerprint density at radius 3 is 2.96 bits per heavy atom. The van der Waals surface area contributed by atoms with Crippen LogP contribution in [0.2, 0.25) is 0 Å². The Labute approximate surface area is 147 Å². The number of halogens is 1. The van der Waals surface area contributed by atoms with Crippen molar-refractivity contribution in [3.05, 3.63) is 51.4 Å². The molecule has 0 aliphatic carbocycles. The van der Waals surface area contributed by atoms with Crippen LogP contribution in [0, 0.1) is 0 Å². The summed E-state index contributed by atoms with van der Waals surface area (Å²) in [6.45, 7) is 1.88. The first kappa shape index (κ1) is 16.7. The zero-order valence-corrected chi connectivity index (χ0v) is 14.7. The van der Waals surface area contributed by atoms with E-state index < -0.39 is 11.9 Å². The predicted molar refractivity (Wildman–Crippen MR) is 93.2 cm³/mol. The van der Waals surface area contributed by atoms with Gasteiger partial charge in [-0.05, 0) is 31.0 Å². The highest BCUT2D eigenvalue weighted by atomic mass is 79.9. The van der Waals surface area contributed by atoms with Crippen molar-refractivity contribution in [1.29, 1.82) is 0 Å². The summed E-state index contributed by atoms with van der Waals surface area (Å²) in [6, 6.07) is 7.24. The second-order valence-corrected chi connectivity index (χ2v) is 6.52. The number of benzene rings is 1. The number of carbonyl (C=O) groups is 1. The van der Waals surface area contributed by atoms with E-state index in [-0.39, 0.29) is 6.61 Å². The van der Waals surface area contributed by atoms with Gasteiger partial charge in [-0.25, -0.2) is 4.68 Å². The maximum Gasteiger partial charge on any atom is 0.248 e. The van der Waals surface area contributed by atoms with Crippen LogP contribution in [-0.2, 0) is 11.2 Å². The van der Waals surface area contributed by atoms with E-state index in [9.17, 15) is 4.79 Å². The van der Waals surface area contributed by atoms with E-state index in [4.69, 9.17) is 10.8 Å². The highest BCUT2D eigenvalue weighted by Crippen LogP contribution is 2.35. The van der Waals surface area contributed by atoms with Crippen molar-refractivity contribution in [2.75, 3.05) is 11.9 Å². The Morgan fingerprint density at radius 2 is 2.29 bits per heavy atom. The van der Waals surface area contributed by atoms with Crippen LogP contribution in [0.4, 0.5) is 5.95 Å². The number of carbonyl (C=O) groups excluding carboxylic acids is 1. The van der Waals surface area contributed by atoms with Crippen LogP contribution >= 0.6 is 15.9 Å². The van der Waals surface area contributed by atoms with Gasteiger partial charge < -0.3 is 16.2 Å². The van der Waals surface area contributed by atoms with Gasteiger partial charge in [0.2, 0.25) is 11.9 Å². The molecule has 1 aromatic carbocycles. The second-order valence-electron chi connectivity index (χ2n) is 5.61. The number of anilines is 1. The number of aryl methyl sites for hydroxylation is 1. The van der Waals surface area contributed by atoms with E-state index in [0.717, 1.165) is 10.0 Å². The average Bonchev–Trinajstić information content (AvgIpc) is 2.93. The van der Waals surface area contributed by atoms with Gasteiger partial charge in [0.25, 0.3) is 0 Å². The highest BCUT2D eigenvalue weighted by molar-refractivity contribution is 9.10. The highest BCUT2D eigenvalue weighted by Gasteiger charge is 2.33. The molecule has 0 spiro atoms. The van der Waals surface area contributed by atoms with Crippen LogP contribution in [0.25, 0.3) is 0 Å². The van der Waals surface area contributed by atoms with Crippen LogP contribution < -0.4 is 11.1 Å². The number of nitrogens with zero attached hydrogens (tertiary/aromatic N) is 3. The number of aliphatic hydroxyl groups excluding tert-OH is 1. The van der Waals surface area contributed by atoms with Gasteiger partial charge in [-0.2, -0.15) is 10.1 Å². The summed E-state index contributed by atoms with van der Waals surface area (Å²) >= 11 is 3.46. The first-order valence-corrected chi connectivity index (χ1v) is 8.40. The number of fused-ring (bicyclic) bond motifs is 1. The van der Waals surface area contributed by atoms with Gasteiger partial charge in [-0.15, -0.1) is 0 Å². The lowest BCUT2D eigenvalue weighted by molar-refractivity contribution is -0.115.